The van der Waals surface area contributed by atoms with Gasteiger partial charge in [0, 0.05) is 5.41 Å². The Labute approximate surface area is 177 Å². The SMILES string of the molecule is CC1=Cc2c(cnn2-c2ccc(F)cc2)C[C@]1(C)[C@H](O)CC(C)(C)c1ccccc1. The van der Waals surface area contributed by atoms with Gasteiger partial charge >= 0.3 is 0 Å². The maximum atomic E-state index is 13.3. The van der Waals surface area contributed by atoms with E-state index in [0.29, 0.717) is 6.42 Å². The summed E-state index contributed by atoms with van der Waals surface area (Å²) in [6, 6.07) is 16.7. The highest BCUT2D eigenvalue weighted by Gasteiger charge is 2.41. The van der Waals surface area contributed by atoms with Crippen LogP contribution in [0.2, 0.25) is 0 Å². The summed E-state index contributed by atoms with van der Waals surface area (Å²) in [5, 5.41) is 15.9. The van der Waals surface area contributed by atoms with E-state index in [1.807, 2.05) is 29.1 Å². The number of hydrogen-bond acceptors (Lipinski definition) is 2. The third kappa shape index (κ3) is 3.61. The molecule has 0 aliphatic heterocycles. The van der Waals surface area contributed by atoms with E-state index in [1.165, 1.54) is 17.7 Å². The van der Waals surface area contributed by atoms with Gasteiger partial charge in [0.1, 0.15) is 5.82 Å². The van der Waals surface area contributed by atoms with Gasteiger partial charge in [0.05, 0.1) is 23.7 Å². The number of aliphatic hydroxyl groups is 1. The van der Waals surface area contributed by atoms with Crippen molar-refractivity contribution in [3.8, 4) is 5.69 Å². The Kier molecular flexibility index (Phi) is 5.15. The van der Waals surface area contributed by atoms with E-state index in [0.717, 1.165) is 28.9 Å². The molecule has 4 heteroatoms. The molecule has 0 saturated carbocycles. The molecule has 3 aromatic rings. The molecule has 4 rings (SSSR count). The Bertz CT molecular complexity index is 1070. The zero-order valence-electron chi connectivity index (χ0n) is 18.1. The van der Waals surface area contributed by atoms with Crippen LogP contribution in [-0.2, 0) is 11.8 Å². The summed E-state index contributed by atoms with van der Waals surface area (Å²) < 4.78 is 15.2. The topological polar surface area (TPSA) is 38.0 Å². The molecule has 0 amide bonds. The number of fused-ring (bicyclic) bond motifs is 1. The van der Waals surface area contributed by atoms with Crippen LogP contribution in [-0.4, -0.2) is 21.0 Å². The molecular formula is C26H29FN2O. The lowest BCUT2D eigenvalue weighted by atomic mass is 9.65. The quantitative estimate of drug-likeness (QED) is 0.592. The average Bonchev–Trinajstić information content (AvgIpc) is 3.11. The molecule has 2 atom stereocenters. The van der Waals surface area contributed by atoms with E-state index >= 15 is 0 Å². The second-order valence-corrected chi connectivity index (χ2v) is 9.33. The summed E-state index contributed by atoms with van der Waals surface area (Å²) in [6.45, 7) is 8.61. The third-order valence-corrected chi connectivity index (χ3v) is 6.76. The van der Waals surface area contributed by atoms with E-state index in [-0.39, 0.29) is 16.6 Å². The van der Waals surface area contributed by atoms with E-state index < -0.39 is 6.10 Å². The lowest BCUT2D eigenvalue weighted by molar-refractivity contribution is 0.0382. The van der Waals surface area contributed by atoms with Crippen molar-refractivity contribution in [2.75, 3.05) is 0 Å². The molecule has 2 aromatic carbocycles. The van der Waals surface area contributed by atoms with Crippen LogP contribution in [0.4, 0.5) is 4.39 Å². The Hall–Kier alpha value is -2.72. The minimum atomic E-state index is -0.494. The first kappa shape index (κ1) is 20.5. The van der Waals surface area contributed by atoms with Gasteiger partial charge in [-0.15, -0.1) is 0 Å². The molecule has 1 aliphatic carbocycles. The maximum Gasteiger partial charge on any atom is 0.123 e. The minimum Gasteiger partial charge on any atom is -0.392 e. The van der Waals surface area contributed by atoms with E-state index in [9.17, 15) is 9.50 Å². The zero-order valence-corrected chi connectivity index (χ0v) is 18.1. The highest BCUT2D eigenvalue weighted by atomic mass is 19.1. The first-order valence-electron chi connectivity index (χ1n) is 10.5. The molecule has 156 valence electrons. The smallest absolute Gasteiger partial charge is 0.123 e. The van der Waals surface area contributed by atoms with Gasteiger partial charge < -0.3 is 5.11 Å². The van der Waals surface area contributed by atoms with E-state index in [2.05, 4.69) is 51.0 Å². The van der Waals surface area contributed by atoms with Gasteiger partial charge in [-0.05, 0) is 66.6 Å². The van der Waals surface area contributed by atoms with Gasteiger partial charge in [-0.2, -0.15) is 5.10 Å². The first-order valence-corrected chi connectivity index (χ1v) is 10.5. The molecule has 1 aromatic heterocycles. The van der Waals surface area contributed by atoms with Crippen LogP contribution in [0.1, 0.15) is 50.9 Å². The summed E-state index contributed by atoms with van der Waals surface area (Å²) in [5.41, 5.74) is 4.80. The van der Waals surface area contributed by atoms with Gasteiger partial charge in [0.25, 0.3) is 0 Å². The number of nitrogens with zero attached hydrogens (tertiary/aromatic N) is 2. The minimum absolute atomic E-state index is 0.136. The monoisotopic (exact) mass is 404 g/mol. The fraction of sp³-hybridized carbons (Fsp3) is 0.346. The van der Waals surface area contributed by atoms with Crippen LogP contribution in [0.25, 0.3) is 11.8 Å². The van der Waals surface area contributed by atoms with Crippen molar-refractivity contribution >= 4 is 6.08 Å². The van der Waals surface area contributed by atoms with Crippen molar-refractivity contribution in [3.63, 3.8) is 0 Å². The van der Waals surface area contributed by atoms with Crippen LogP contribution in [0.3, 0.4) is 0 Å². The van der Waals surface area contributed by atoms with Crippen molar-refractivity contribution in [1.82, 2.24) is 9.78 Å². The van der Waals surface area contributed by atoms with Crippen molar-refractivity contribution < 1.29 is 9.50 Å². The summed E-state index contributed by atoms with van der Waals surface area (Å²) >= 11 is 0. The molecule has 0 spiro atoms. The fourth-order valence-corrected chi connectivity index (χ4v) is 4.47. The third-order valence-electron chi connectivity index (χ3n) is 6.76. The van der Waals surface area contributed by atoms with Gasteiger partial charge in [-0.3, -0.25) is 0 Å². The lowest BCUT2D eigenvalue weighted by Gasteiger charge is -2.41. The fourth-order valence-electron chi connectivity index (χ4n) is 4.47. The molecular weight excluding hydrogens is 375 g/mol. The van der Waals surface area contributed by atoms with Gasteiger partial charge in [0.2, 0.25) is 0 Å². The Morgan fingerprint density at radius 1 is 1.13 bits per heavy atom. The van der Waals surface area contributed by atoms with Crippen molar-refractivity contribution in [2.45, 2.75) is 52.1 Å². The second-order valence-electron chi connectivity index (χ2n) is 9.33. The molecule has 30 heavy (non-hydrogen) atoms. The van der Waals surface area contributed by atoms with Crippen LogP contribution in [0, 0.1) is 11.2 Å². The van der Waals surface area contributed by atoms with Gasteiger partial charge in [-0.1, -0.05) is 56.7 Å². The van der Waals surface area contributed by atoms with Crippen LogP contribution in [0.15, 0.2) is 66.4 Å². The van der Waals surface area contributed by atoms with Crippen molar-refractivity contribution in [2.24, 2.45) is 5.41 Å². The molecule has 1 aliphatic rings. The summed E-state index contributed by atoms with van der Waals surface area (Å²) in [5.74, 6) is -0.261. The molecule has 1 heterocycles. The molecule has 0 unspecified atom stereocenters. The molecule has 0 saturated heterocycles. The van der Waals surface area contributed by atoms with Crippen molar-refractivity contribution in [3.05, 3.63) is 89.0 Å². The Balaban J connectivity index is 1.62. The number of benzene rings is 2. The molecule has 0 radical (unpaired) electrons. The highest BCUT2D eigenvalue weighted by Crippen LogP contribution is 2.44. The van der Waals surface area contributed by atoms with Gasteiger partial charge in [0.15, 0.2) is 0 Å². The summed E-state index contributed by atoms with van der Waals surface area (Å²) in [6.07, 6.45) is 4.88. The zero-order chi connectivity index (χ0) is 21.5. The number of aromatic nitrogens is 2. The van der Waals surface area contributed by atoms with E-state index in [4.69, 9.17) is 0 Å². The molecule has 0 bridgehead atoms. The lowest BCUT2D eigenvalue weighted by Crippen LogP contribution is -2.41. The van der Waals surface area contributed by atoms with Crippen LogP contribution < -0.4 is 0 Å². The molecule has 1 N–H and O–H groups in total. The van der Waals surface area contributed by atoms with Crippen LogP contribution in [0.5, 0.6) is 0 Å². The molecule has 3 nitrogen and oxygen atoms in total. The average molecular weight is 405 g/mol. The molecule has 0 fully saturated rings. The number of rotatable bonds is 5. The predicted octanol–water partition coefficient (Wildman–Crippen LogP) is 5.71. The summed E-state index contributed by atoms with van der Waals surface area (Å²) in [7, 11) is 0. The Morgan fingerprint density at radius 2 is 1.80 bits per heavy atom. The van der Waals surface area contributed by atoms with Crippen LogP contribution >= 0.6 is 0 Å². The standard InChI is InChI=1S/C26H29FN2O/c1-18-14-23-19(17-28-29(23)22-12-10-21(27)11-13-22)15-26(18,4)24(30)16-25(2,3)20-8-6-5-7-9-20/h5-14,17,24,30H,15-16H2,1-4H3/t24-,26+/m1/s1. The maximum absolute atomic E-state index is 13.3. The number of hydrogen-bond donors (Lipinski definition) is 1. The van der Waals surface area contributed by atoms with Gasteiger partial charge in [-0.25, -0.2) is 9.07 Å². The normalized spacial score (nSPS) is 19.9. The number of halogens is 1. The Morgan fingerprint density at radius 3 is 2.47 bits per heavy atom. The highest BCUT2D eigenvalue weighted by molar-refractivity contribution is 5.60. The first-order chi connectivity index (χ1) is 14.2. The summed E-state index contributed by atoms with van der Waals surface area (Å²) in [4.78, 5) is 0. The van der Waals surface area contributed by atoms with E-state index in [1.54, 1.807) is 12.1 Å². The predicted molar refractivity (Wildman–Crippen MR) is 119 cm³/mol. The largest absolute Gasteiger partial charge is 0.392 e. The van der Waals surface area contributed by atoms with Crippen molar-refractivity contribution in [1.29, 1.82) is 0 Å². The number of aliphatic hydroxyl groups excluding tert-OH is 1. The second kappa shape index (κ2) is 7.51.